The summed E-state index contributed by atoms with van der Waals surface area (Å²) in [5.41, 5.74) is 0.886. The molecule has 0 spiro atoms. The van der Waals surface area contributed by atoms with Crippen LogP contribution in [0.15, 0.2) is 28.7 Å². The van der Waals surface area contributed by atoms with Gasteiger partial charge < -0.3 is 5.11 Å². The van der Waals surface area contributed by atoms with Crippen molar-refractivity contribution in [1.82, 2.24) is 9.03 Å². The van der Waals surface area contributed by atoms with E-state index < -0.39 is 10.2 Å². The number of aliphatic hydroxyl groups excluding tert-OH is 1. The van der Waals surface area contributed by atoms with Crippen LogP contribution in [0.2, 0.25) is 0 Å². The van der Waals surface area contributed by atoms with Crippen LogP contribution in [0.25, 0.3) is 0 Å². The van der Waals surface area contributed by atoms with Crippen molar-refractivity contribution in [1.29, 1.82) is 0 Å². The highest BCUT2D eigenvalue weighted by atomic mass is 79.9. The number of aliphatic hydroxyl groups is 1. The third kappa shape index (κ3) is 5.03. The van der Waals surface area contributed by atoms with Crippen LogP contribution < -0.4 is 4.72 Å². The van der Waals surface area contributed by atoms with Gasteiger partial charge in [-0.25, -0.2) is 0 Å². The zero-order chi connectivity index (χ0) is 13.6. The number of nitrogens with zero attached hydrogens (tertiary/aromatic N) is 1. The average Bonchev–Trinajstić information content (AvgIpc) is 2.35. The number of hydrogen-bond acceptors (Lipinski definition) is 3. The van der Waals surface area contributed by atoms with Crippen LogP contribution in [0.5, 0.6) is 0 Å². The lowest BCUT2D eigenvalue weighted by atomic mass is 10.2. The van der Waals surface area contributed by atoms with Crippen molar-refractivity contribution in [3.63, 3.8) is 0 Å². The Morgan fingerprint density at radius 3 is 2.50 bits per heavy atom. The van der Waals surface area contributed by atoms with Gasteiger partial charge in [0.25, 0.3) is 10.2 Å². The van der Waals surface area contributed by atoms with Crippen LogP contribution in [0.3, 0.4) is 0 Å². The van der Waals surface area contributed by atoms with E-state index in [1.807, 2.05) is 24.3 Å². The zero-order valence-electron chi connectivity index (χ0n) is 10.1. The summed E-state index contributed by atoms with van der Waals surface area (Å²) < 4.78 is 28.3. The predicted octanol–water partition coefficient (Wildman–Crippen LogP) is 1.10. The molecule has 0 heterocycles. The highest BCUT2D eigenvalue weighted by Gasteiger charge is 2.16. The van der Waals surface area contributed by atoms with Crippen molar-refractivity contribution in [3.05, 3.63) is 34.3 Å². The third-order valence-electron chi connectivity index (χ3n) is 2.41. The summed E-state index contributed by atoms with van der Waals surface area (Å²) in [7, 11) is -1.99. The van der Waals surface area contributed by atoms with Gasteiger partial charge in [0.15, 0.2) is 0 Å². The SMILES string of the molecule is CN(CCCO)S(=O)(=O)NCc1ccc(Br)cc1. The van der Waals surface area contributed by atoms with Gasteiger partial charge in [-0.2, -0.15) is 17.4 Å². The smallest absolute Gasteiger partial charge is 0.279 e. The Hall–Kier alpha value is -0.470. The Morgan fingerprint density at radius 2 is 1.94 bits per heavy atom. The van der Waals surface area contributed by atoms with Gasteiger partial charge in [0.1, 0.15) is 0 Å². The van der Waals surface area contributed by atoms with Gasteiger partial charge in [-0.15, -0.1) is 0 Å². The van der Waals surface area contributed by atoms with E-state index in [0.717, 1.165) is 10.0 Å². The molecule has 7 heteroatoms. The normalized spacial score (nSPS) is 12.0. The summed E-state index contributed by atoms with van der Waals surface area (Å²) in [6.07, 6.45) is 0.426. The van der Waals surface area contributed by atoms with Crippen LogP contribution in [0, 0.1) is 0 Å². The van der Waals surface area contributed by atoms with E-state index >= 15 is 0 Å². The maximum Gasteiger partial charge on any atom is 0.279 e. The first-order chi connectivity index (χ1) is 8.45. The van der Waals surface area contributed by atoms with Gasteiger partial charge >= 0.3 is 0 Å². The molecule has 1 aromatic rings. The molecule has 18 heavy (non-hydrogen) atoms. The lowest BCUT2D eigenvalue weighted by Gasteiger charge is -2.17. The number of nitrogens with one attached hydrogen (secondary N) is 1. The second-order valence-electron chi connectivity index (χ2n) is 3.85. The van der Waals surface area contributed by atoms with Gasteiger partial charge in [0.05, 0.1) is 0 Å². The molecule has 0 aliphatic carbocycles. The fourth-order valence-corrected chi connectivity index (χ4v) is 2.50. The van der Waals surface area contributed by atoms with E-state index in [1.54, 1.807) is 0 Å². The highest BCUT2D eigenvalue weighted by Crippen LogP contribution is 2.10. The molecule has 0 aromatic heterocycles. The molecular formula is C11H17BrN2O3S. The van der Waals surface area contributed by atoms with Gasteiger partial charge in [-0.1, -0.05) is 28.1 Å². The second-order valence-corrected chi connectivity index (χ2v) is 6.63. The molecule has 0 atom stereocenters. The van der Waals surface area contributed by atoms with Crippen molar-refractivity contribution in [2.45, 2.75) is 13.0 Å². The van der Waals surface area contributed by atoms with E-state index in [-0.39, 0.29) is 13.2 Å². The van der Waals surface area contributed by atoms with Crippen LogP contribution in [-0.4, -0.2) is 38.0 Å². The molecule has 1 rings (SSSR count). The van der Waals surface area contributed by atoms with Crippen LogP contribution in [-0.2, 0) is 16.8 Å². The summed E-state index contributed by atoms with van der Waals surface area (Å²) in [5, 5.41) is 8.67. The molecule has 0 aliphatic heterocycles. The van der Waals surface area contributed by atoms with Crippen molar-refractivity contribution in [3.8, 4) is 0 Å². The second kappa shape index (κ2) is 7.20. The summed E-state index contributed by atoms with van der Waals surface area (Å²) in [4.78, 5) is 0. The minimum atomic E-state index is -3.48. The topological polar surface area (TPSA) is 69.6 Å². The van der Waals surface area contributed by atoms with Crippen LogP contribution in [0.1, 0.15) is 12.0 Å². The first-order valence-electron chi connectivity index (χ1n) is 5.52. The number of rotatable bonds is 7. The molecule has 0 radical (unpaired) electrons. The van der Waals surface area contributed by atoms with Gasteiger partial charge in [0, 0.05) is 31.2 Å². The Bertz CT molecular complexity index is 462. The Morgan fingerprint density at radius 1 is 1.33 bits per heavy atom. The van der Waals surface area contributed by atoms with E-state index in [1.165, 1.54) is 11.4 Å². The molecule has 0 fully saturated rings. The van der Waals surface area contributed by atoms with Crippen molar-refractivity contribution >= 4 is 26.1 Å². The quantitative estimate of drug-likeness (QED) is 0.783. The Kier molecular flexibility index (Phi) is 6.24. The lowest BCUT2D eigenvalue weighted by Crippen LogP contribution is -2.38. The van der Waals surface area contributed by atoms with E-state index in [4.69, 9.17) is 5.11 Å². The summed E-state index contributed by atoms with van der Waals surface area (Å²) in [6, 6.07) is 7.42. The third-order valence-corrected chi connectivity index (χ3v) is 4.45. The lowest BCUT2D eigenvalue weighted by molar-refractivity contribution is 0.275. The molecule has 0 saturated carbocycles. The zero-order valence-corrected chi connectivity index (χ0v) is 12.5. The molecule has 0 amide bonds. The molecule has 2 N–H and O–H groups in total. The monoisotopic (exact) mass is 336 g/mol. The first-order valence-corrected chi connectivity index (χ1v) is 7.75. The fourth-order valence-electron chi connectivity index (χ4n) is 1.30. The molecule has 1 aromatic carbocycles. The standard InChI is InChI=1S/C11H17BrN2O3S/c1-14(7-2-8-15)18(16,17)13-9-10-3-5-11(12)6-4-10/h3-6,13,15H,2,7-9H2,1H3. The van der Waals surface area contributed by atoms with Crippen molar-refractivity contribution in [2.24, 2.45) is 0 Å². The predicted molar refractivity (Wildman–Crippen MR) is 74.2 cm³/mol. The Labute approximate surface area is 116 Å². The maximum atomic E-state index is 11.8. The molecule has 5 nitrogen and oxygen atoms in total. The molecule has 0 bridgehead atoms. The minimum absolute atomic E-state index is 0.0213. The summed E-state index contributed by atoms with van der Waals surface area (Å²) in [6.45, 7) is 0.526. The van der Waals surface area contributed by atoms with E-state index in [9.17, 15) is 8.42 Å². The van der Waals surface area contributed by atoms with Crippen molar-refractivity contribution in [2.75, 3.05) is 20.2 Å². The number of benzene rings is 1. The van der Waals surface area contributed by atoms with E-state index in [0.29, 0.717) is 13.0 Å². The number of hydrogen-bond donors (Lipinski definition) is 2. The molecule has 0 unspecified atom stereocenters. The van der Waals surface area contributed by atoms with Gasteiger partial charge in [-0.05, 0) is 24.1 Å². The van der Waals surface area contributed by atoms with Gasteiger partial charge in [0.2, 0.25) is 0 Å². The number of halogens is 1. The minimum Gasteiger partial charge on any atom is -0.396 e. The molecule has 0 aliphatic rings. The summed E-state index contributed by atoms with van der Waals surface area (Å²) >= 11 is 3.32. The van der Waals surface area contributed by atoms with Crippen molar-refractivity contribution < 1.29 is 13.5 Å². The fraction of sp³-hybridized carbons (Fsp3) is 0.455. The van der Waals surface area contributed by atoms with Gasteiger partial charge in [-0.3, -0.25) is 0 Å². The van der Waals surface area contributed by atoms with Crippen LogP contribution >= 0.6 is 15.9 Å². The molecule has 0 saturated heterocycles. The largest absolute Gasteiger partial charge is 0.396 e. The maximum absolute atomic E-state index is 11.8. The Balaban J connectivity index is 2.53. The average molecular weight is 337 g/mol. The van der Waals surface area contributed by atoms with E-state index in [2.05, 4.69) is 20.7 Å². The molecular weight excluding hydrogens is 320 g/mol. The highest BCUT2D eigenvalue weighted by molar-refractivity contribution is 9.10. The molecule has 102 valence electrons. The first kappa shape index (κ1) is 15.6. The summed E-state index contributed by atoms with van der Waals surface area (Å²) in [5.74, 6) is 0. The van der Waals surface area contributed by atoms with Crippen LogP contribution in [0.4, 0.5) is 0 Å².